The minimum absolute atomic E-state index is 0.285. The SMILES string of the molecule is CC(C)CCCOCCC(=O)N1CCC2(CCNCC2)CC1. The summed E-state index contributed by atoms with van der Waals surface area (Å²) in [7, 11) is 0. The van der Waals surface area contributed by atoms with Crippen LogP contribution < -0.4 is 5.32 Å². The van der Waals surface area contributed by atoms with Gasteiger partial charge >= 0.3 is 0 Å². The number of likely N-dealkylation sites (tertiary alicyclic amines) is 1. The van der Waals surface area contributed by atoms with E-state index >= 15 is 0 Å². The molecule has 2 aliphatic rings. The molecule has 2 fully saturated rings. The molecule has 0 aromatic heterocycles. The highest BCUT2D eigenvalue weighted by Gasteiger charge is 2.36. The Balaban J connectivity index is 1.57. The predicted molar refractivity (Wildman–Crippen MR) is 89.9 cm³/mol. The van der Waals surface area contributed by atoms with E-state index in [2.05, 4.69) is 24.1 Å². The van der Waals surface area contributed by atoms with Crippen molar-refractivity contribution in [2.24, 2.45) is 11.3 Å². The number of nitrogens with zero attached hydrogens (tertiary/aromatic N) is 1. The number of carbonyl (C=O) groups excluding carboxylic acids is 1. The van der Waals surface area contributed by atoms with Crippen LogP contribution in [-0.2, 0) is 9.53 Å². The number of amides is 1. The summed E-state index contributed by atoms with van der Waals surface area (Å²) in [5.41, 5.74) is 0.523. The predicted octanol–water partition coefficient (Wildman–Crippen LogP) is 2.82. The first-order valence-electron chi connectivity index (χ1n) is 9.18. The Bertz CT molecular complexity index is 328. The van der Waals surface area contributed by atoms with Crippen molar-refractivity contribution < 1.29 is 9.53 Å². The van der Waals surface area contributed by atoms with Crippen LogP contribution in [0.1, 0.15) is 58.8 Å². The third kappa shape index (κ3) is 5.54. The first-order chi connectivity index (χ1) is 10.6. The fourth-order valence-electron chi connectivity index (χ4n) is 3.70. The number of rotatable bonds is 7. The molecule has 2 saturated heterocycles. The number of nitrogens with one attached hydrogen (secondary N) is 1. The van der Waals surface area contributed by atoms with Crippen LogP contribution >= 0.6 is 0 Å². The standard InChI is InChI=1S/C18H34N2O2/c1-16(2)4-3-14-22-15-5-17(21)20-12-8-18(9-13-20)6-10-19-11-7-18/h16,19H,3-15H2,1-2H3. The average molecular weight is 310 g/mol. The van der Waals surface area contributed by atoms with E-state index in [1.165, 1.54) is 32.1 Å². The van der Waals surface area contributed by atoms with E-state index in [9.17, 15) is 4.79 Å². The van der Waals surface area contributed by atoms with E-state index in [0.29, 0.717) is 18.4 Å². The molecule has 0 atom stereocenters. The fourth-order valence-corrected chi connectivity index (χ4v) is 3.70. The Hall–Kier alpha value is -0.610. The van der Waals surface area contributed by atoms with Gasteiger partial charge in [-0.2, -0.15) is 0 Å². The van der Waals surface area contributed by atoms with Crippen molar-refractivity contribution in [3.05, 3.63) is 0 Å². The van der Waals surface area contributed by atoms with E-state index in [1.807, 2.05) is 0 Å². The van der Waals surface area contributed by atoms with Crippen LogP contribution in [0.3, 0.4) is 0 Å². The van der Waals surface area contributed by atoms with E-state index < -0.39 is 0 Å². The number of carbonyl (C=O) groups is 1. The Kier molecular flexibility index (Phi) is 7.16. The van der Waals surface area contributed by atoms with Crippen molar-refractivity contribution in [3.8, 4) is 0 Å². The normalized spacial score (nSPS) is 21.5. The summed E-state index contributed by atoms with van der Waals surface area (Å²) in [5.74, 6) is 1.02. The molecule has 128 valence electrons. The zero-order chi connectivity index (χ0) is 15.8. The Labute approximate surface area is 136 Å². The third-order valence-corrected chi connectivity index (χ3v) is 5.37. The zero-order valence-corrected chi connectivity index (χ0v) is 14.5. The highest BCUT2D eigenvalue weighted by atomic mass is 16.5. The first kappa shape index (κ1) is 17.7. The van der Waals surface area contributed by atoms with Crippen molar-refractivity contribution in [1.29, 1.82) is 0 Å². The summed E-state index contributed by atoms with van der Waals surface area (Å²) in [4.78, 5) is 14.3. The maximum Gasteiger partial charge on any atom is 0.224 e. The first-order valence-corrected chi connectivity index (χ1v) is 9.18. The van der Waals surface area contributed by atoms with Crippen molar-refractivity contribution in [2.45, 2.75) is 58.8 Å². The smallest absolute Gasteiger partial charge is 0.224 e. The maximum atomic E-state index is 12.2. The van der Waals surface area contributed by atoms with E-state index in [1.54, 1.807) is 0 Å². The molecule has 4 heteroatoms. The molecule has 2 rings (SSSR count). The number of hydrogen-bond acceptors (Lipinski definition) is 3. The second-order valence-electron chi connectivity index (χ2n) is 7.53. The molecule has 22 heavy (non-hydrogen) atoms. The van der Waals surface area contributed by atoms with Gasteiger partial charge in [-0.25, -0.2) is 0 Å². The molecular weight excluding hydrogens is 276 g/mol. The monoisotopic (exact) mass is 310 g/mol. The van der Waals surface area contributed by atoms with Gasteiger partial charge < -0.3 is 15.0 Å². The quantitative estimate of drug-likeness (QED) is 0.735. The molecule has 1 amide bonds. The molecule has 1 spiro atoms. The molecule has 0 saturated carbocycles. The molecule has 0 radical (unpaired) electrons. The summed E-state index contributed by atoms with van der Waals surface area (Å²) < 4.78 is 5.60. The van der Waals surface area contributed by atoms with Crippen molar-refractivity contribution in [1.82, 2.24) is 10.2 Å². The fraction of sp³-hybridized carbons (Fsp3) is 0.944. The van der Waals surface area contributed by atoms with E-state index in [4.69, 9.17) is 4.74 Å². The summed E-state index contributed by atoms with van der Waals surface area (Å²) in [6, 6.07) is 0. The van der Waals surface area contributed by atoms with Gasteiger partial charge in [0.2, 0.25) is 5.91 Å². The maximum absolute atomic E-state index is 12.2. The van der Waals surface area contributed by atoms with Crippen LogP contribution in [0.15, 0.2) is 0 Å². The molecule has 0 aromatic carbocycles. The molecule has 0 bridgehead atoms. The minimum Gasteiger partial charge on any atom is -0.381 e. The Morgan fingerprint density at radius 2 is 1.82 bits per heavy atom. The van der Waals surface area contributed by atoms with Gasteiger partial charge in [0.15, 0.2) is 0 Å². The van der Waals surface area contributed by atoms with Gasteiger partial charge in [0.25, 0.3) is 0 Å². The summed E-state index contributed by atoms with van der Waals surface area (Å²) in [6.45, 7) is 10.0. The summed E-state index contributed by atoms with van der Waals surface area (Å²) in [6.07, 6.45) is 7.81. The largest absolute Gasteiger partial charge is 0.381 e. The molecule has 4 nitrogen and oxygen atoms in total. The summed E-state index contributed by atoms with van der Waals surface area (Å²) in [5, 5.41) is 3.44. The van der Waals surface area contributed by atoms with Gasteiger partial charge in [-0.15, -0.1) is 0 Å². The van der Waals surface area contributed by atoms with Crippen LogP contribution in [0.5, 0.6) is 0 Å². The van der Waals surface area contributed by atoms with Crippen molar-refractivity contribution in [3.63, 3.8) is 0 Å². The van der Waals surface area contributed by atoms with Crippen LogP contribution in [-0.4, -0.2) is 50.2 Å². The summed E-state index contributed by atoms with van der Waals surface area (Å²) >= 11 is 0. The topological polar surface area (TPSA) is 41.6 Å². The zero-order valence-electron chi connectivity index (χ0n) is 14.5. The van der Waals surface area contributed by atoms with Gasteiger partial charge in [0.05, 0.1) is 13.0 Å². The van der Waals surface area contributed by atoms with Gasteiger partial charge in [-0.05, 0) is 62.9 Å². The second kappa shape index (κ2) is 8.88. The molecule has 2 aliphatic heterocycles. The second-order valence-corrected chi connectivity index (χ2v) is 7.53. The van der Waals surface area contributed by atoms with Crippen LogP contribution in [0.25, 0.3) is 0 Å². The van der Waals surface area contributed by atoms with Crippen molar-refractivity contribution >= 4 is 5.91 Å². The highest BCUT2D eigenvalue weighted by Crippen LogP contribution is 2.39. The lowest BCUT2D eigenvalue weighted by Crippen LogP contribution is -2.47. The number of piperidine rings is 2. The molecular formula is C18H34N2O2. The van der Waals surface area contributed by atoms with Gasteiger partial charge in [-0.1, -0.05) is 13.8 Å². The minimum atomic E-state index is 0.285. The lowest BCUT2D eigenvalue weighted by atomic mass is 9.71. The van der Waals surface area contributed by atoms with Crippen LogP contribution in [0, 0.1) is 11.3 Å². The molecule has 0 aromatic rings. The molecule has 0 unspecified atom stereocenters. The Morgan fingerprint density at radius 1 is 1.14 bits per heavy atom. The third-order valence-electron chi connectivity index (χ3n) is 5.37. The number of hydrogen-bond donors (Lipinski definition) is 1. The van der Waals surface area contributed by atoms with E-state index in [0.717, 1.165) is 45.1 Å². The van der Waals surface area contributed by atoms with Gasteiger partial charge in [0.1, 0.15) is 0 Å². The molecule has 1 N–H and O–H groups in total. The van der Waals surface area contributed by atoms with Crippen molar-refractivity contribution in [2.75, 3.05) is 39.4 Å². The molecule has 0 aliphatic carbocycles. The average Bonchev–Trinajstić information content (AvgIpc) is 2.52. The van der Waals surface area contributed by atoms with E-state index in [-0.39, 0.29) is 5.91 Å². The van der Waals surface area contributed by atoms with Crippen LogP contribution in [0.4, 0.5) is 0 Å². The highest BCUT2D eigenvalue weighted by molar-refractivity contribution is 5.76. The van der Waals surface area contributed by atoms with Crippen LogP contribution in [0.2, 0.25) is 0 Å². The van der Waals surface area contributed by atoms with Gasteiger partial charge in [0, 0.05) is 19.7 Å². The Morgan fingerprint density at radius 3 is 2.45 bits per heavy atom. The lowest BCUT2D eigenvalue weighted by Gasteiger charge is -2.44. The number of ether oxygens (including phenoxy) is 1. The van der Waals surface area contributed by atoms with Gasteiger partial charge in [-0.3, -0.25) is 4.79 Å². The lowest BCUT2D eigenvalue weighted by molar-refractivity contribution is -0.135. The molecule has 2 heterocycles.